The second-order valence-electron chi connectivity index (χ2n) is 6.10. The Morgan fingerprint density at radius 1 is 1.35 bits per heavy atom. The minimum absolute atomic E-state index is 0.0260. The molecule has 2 rings (SSSR count). The molecule has 0 bridgehead atoms. The fourth-order valence-corrected chi connectivity index (χ4v) is 2.15. The van der Waals surface area contributed by atoms with Crippen LogP contribution < -0.4 is 5.32 Å². The first-order valence-electron chi connectivity index (χ1n) is 7.53. The van der Waals surface area contributed by atoms with Crippen molar-refractivity contribution in [3.05, 3.63) is 53.2 Å². The molecule has 0 aliphatic rings. The van der Waals surface area contributed by atoms with Crippen molar-refractivity contribution >= 4 is 17.5 Å². The first-order valence-corrected chi connectivity index (χ1v) is 7.90. The predicted octanol–water partition coefficient (Wildman–Crippen LogP) is 3.54. The number of pyridine rings is 1. The Labute approximate surface area is 141 Å². The number of amides is 1. The average Bonchev–Trinajstić information content (AvgIpc) is 2.54. The van der Waals surface area contributed by atoms with Gasteiger partial charge >= 0.3 is 0 Å². The summed E-state index contributed by atoms with van der Waals surface area (Å²) in [6.07, 6.45) is 1.70. The Bertz CT molecular complexity index is 685. The van der Waals surface area contributed by atoms with E-state index in [1.807, 2.05) is 38.1 Å². The van der Waals surface area contributed by atoms with E-state index >= 15 is 0 Å². The lowest BCUT2D eigenvalue weighted by Crippen LogP contribution is -2.44. The molecule has 0 saturated heterocycles. The van der Waals surface area contributed by atoms with Crippen LogP contribution in [0.1, 0.15) is 31.1 Å². The number of carbonyl (C=O) groups excluding carboxylic acids is 1. The molecule has 1 unspecified atom stereocenters. The highest BCUT2D eigenvalue weighted by Crippen LogP contribution is 2.24. The van der Waals surface area contributed by atoms with Crippen molar-refractivity contribution in [2.45, 2.75) is 26.4 Å². The van der Waals surface area contributed by atoms with E-state index in [4.69, 9.17) is 11.6 Å². The molecule has 1 heterocycles. The number of hydrogen-bond donors (Lipinski definition) is 2. The zero-order valence-electron chi connectivity index (χ0n) is 13.5. The van der Waals surface area contributed by atoms with Crippen LogP contribution in [0.4, 0.5) is 0 Å². The second-order valence-corrected chi connectivity index (χ2v) is 6.51. The van der Waals surface area contributed by atoms with E-state index in [0.29, 0.717) is 10.6 Å². The molecule has 23 heavy (non-hydrogen) atoms. The van der Waals surface area contributed by atoms with Crippen LogP contribution in [0.15, 0.2) is 42.6 Å². The Morgan fingerprint density at radius 3 is 2.70 bits per heavy atom. The maximum atomic E-state index is 12.4. The fraction of sp³-hybridized carbons (Fsp3) is 0.333. The topological polar surface area (TPSA) is 62.2 Å². The Balaban J connectivity index is 2.20. The molecule has 1 aromatic carbocycles. The van der Waals surface area contributed by atoms with Crippen LogP contribution in [0.25, 0.3) is 11.3 Å². The average molecular weight is 333 g/mol. The van der Waals surface area contributed by atoms with Gasteiger partial charge in [-0.05, 0) is 37.1 Å². The van der Waals surface area contributed by atoms with Crippen molar-refractivity contribution in [2.75, 3.05) is 6.54 Å². The van der Waals surface area contributed by atoms with E-state index in [0.717, 1.165) is 11.3 Å². The predicted molar refractivity (Wildman–Crippen MR) is 92.5 cm³/mol. The zero-order valence-corrected chi connectivity index (χ0v) is 14.3. The number of benzene rings is 1. The molecule has 0 fully saturated rings. The molecule has 5 heteroatoms. The minimum Gasteiger partial charge on any atom is -0.388 e. The van der Waals surface area contributed by atoms with Gasteiger partial charge in [-0.25, -0.2) is 0 Å². The molecule has 122 valence electrons. The van der Waals surface area contributed by atoms with Crippen molar-refractivity contribution < 1.29 is 9.90 Å². The highest BCUT2D eigenvalue weighted by Gasteiger charge is 2.26. The summed E-state index contributed by atoms with van der Waals surface area (Å²) in [6.45, 7) is 5.67. The van der Waals surface area contributed by atoms with Gasteiger partial charge in [0.1, 0.15) is 0 Å². The Hall–Kier alpha value is -1.91. The molecule has 4 nitrogen and oxygen atoms in total. The summed E-state index contributed by atoms with van der Waals surface area (Å²) in [7, 11) is 0. The van der Waals surface area contributed by atoms with Crippen LogP contribution in [0.2, 0.25) is 5.02 Å². The second kappa shape index (κ2) is 7.11. The number of aliphatic hydroxyl groups is 1. The Kier molecular flexibility index (Phi) is 5.39. The number of aromatic nitrogens is 1. The van der Waals surface area contributed by atoms with Gasteiger partial charge < -0.3 is 10.4 Å². The summed E-state index contributed by atoms with van der Waals surface area (Å²) in [4.78, 5) is 16.7. The molecule has 1 atom stereocenters. The van der Waals surface area contributed by atoms with Gasteiger partial charge in [0.2, 0.25) is 0 Å². The third kappa shape index (κ3) is 4.30. The molecular weight excluding hydrogens is 312 g/mol. The van der Waals surface area contributed by atoms with Gasteiger partial charge in [0, 0.05) is 18.3 Å². The number of nitrogens with one attached hydrogen (secondary N) is 1. The van der Waals surface area contributed by atoms with Gasteiger partial charge in [-0.3, -0.25) is 9.78 Å². The first-order chi connectivity index (χ1) is 10.8. The van der Waals surface area contributed by atoms with Crippen LogP contribution in [-0.2, 0) is 0 Å². The van der Waals surface area contributed by atoms with E-state index in [1.165, 1.54) is 0 Å². The highest BCUT2D eigenvalue weighted by atomic mass is 35.5. The van der Waals surface area contributed by atoms with Crippen LogP contribution >= 0.6 is 11.6 Å². The fourth-order valence-electron chi connectivity index (χ4n) is 1.95. The van der Waals surface area contributed by atoms with E-state index in [9.17, 15) is 9.90 Å². The third-order valence-electron chi connectivity index (χ3n) is 4.02. The van der Waals surface area contributed by atoms with Gasteiger partial charge in [-0.1, -0.05) is 37.6 Å². The molecule has 2 N–H and O–H groups in total. The van der Waals surface area contributed by atoms with E-state index in [1.54, 1.807) is 25.3 Å². The summed E-state index contributed by atoms with van der Waals surface area (Å²) in [6, 6.07) is 10.8. The maximum Gasteiger partial charge on any atom is 0.252 e. The quantitative estimate of drug-likeness (QED) is 0.880. The summed E-state index contributed by atoms with van der Waals surface area (Å²) in [5.74, 6) is -0.285. The van der Waals surface area contributed by atoms with E-state index in [2.05, 4.69) is 10.3 Å². The van der Waals surface area contributed by atoms with Crippen LogP contribution in [0.3, 0.4) is 0 Å². The smallest absolute Gasteiger partial charge is 0.252 e. The van der Waals surface area contributed by atoms with Gasteiger partial charge in [0.15, 0.2) is 0 Å². The maximum absolute atomic E-state index is 12.4. The Morgan fingerprint density at radius 2 is 2.09 bits per heavy atom. The highest BCUT2D eigenvalue weighted by molar-refractivity contribution is 6.34. The molecule has 0 saturated carbocycles. The SMILES string of the molecule is CC(C)C(C)(O)CNC(=O)c1cc(-c2ccccn2)ccc1Cl. The van der Waals surface area contributed by atoms with Crippen molar-refractivity contribution in [1.29, 1.82) is 0 Å². The normalized spacial score (nSPS) is 13.7. The molecule has 0 radical (unpaired) electrons. The zero-order chi connectivity index (χ0) is 17.0. The van der Waals surface area contributed by atoms with Crippen molar-refractivity contribution in [3.63, 3.8) is 0 Å². The van der Waals surface area contributed by atoms with Crippen LogP contribution in [0, 0.1) is 5.92 Å². The standard InChI is InChI=1S/C18H21ClN2O2/c1-12(2)18(3,23)11-21-17(22)14-10-13(7-8-15(14)19)16-6-4-5-9-20-16/h4-10,12,23H,11H2,1-3H3,(H,21,22). The number of rotatable bonds is 5. The third-order valence-corrected chi connectivity index (χ3v) is 4.35. The van der Waals surface area contributed by atoms with E-state index in [-0.39, 0.29) is 18.4 Å². The lowest BCUT2D eigenvalue weighted by atomic mass is 9.92. The number of nitrogens with zero attached hydrogens (tertiary/aromatic N) is 1. The number of hydrogen-bond acceptors (Lipinski definition) is 3. The number of carbonyl (C=O) groups is 1. The van der Waals surface area contributed by atoms with Gasteiger partial charge in [0.25, 0.3) is 5.91 Å². The summed E-state index contributed by atoms with van der Waals surface area (Å²) in [5, 5.41) is 13.3. The van der Waals surface area contributed by atoms with Crippen molar-refractivity contribution in [2.24, 2.45) is 5.92 Å². The monoisotopic (exact) mass is 332 g/mol. The molecule has 1 aromatic heterocycles. The van der Waals surface area contributed by atoms with Crippen LogP contribution in [-0.4, -0.2) is 28.1 Å². The lowest BCUT2D eigenvalue weighted by molar-refractivity contribution is 0.0142. The summed E-state index contributed by atoms with van der Waals surface area (Å²) in [5.41, 5.74) is 0.985. The molecule has 0 aliphatic carbocycles. The van der Waals surface area contributed by atoms with Crippen LogP contribution in [0.5, 0.6) is 0 Å². The van der Waals surface area contributed by atoms with Gasteiger partial charge in [-0.15, -0.1) is 0 Å². The molecule has 0 aliphatic heterocycles. The lowest BCUT2D eigenvalue weighted by Gasteiger charge is -2.27. The molecule has 2 aromatic rings. The minimum atomic E-state index is -0.971. The molecule has 0 spiro atoms. The first kappa shape index (κ1) is 17.4. The number of halogens is 1. The van der Waals surface area contributed by atoms with Gasteiger partial charge in [0.05, 0.1) is 21.9 Å². The van der Waals surface area contributed by atoms with E-state index < -0.39 is 5.60 Å². The van der Waals surface area contributed by atoms with Crippen molar-refractivity contribution in [3.8, 4) is 11.3 Å². The summed E-state index contributed by atoms with van der Waals surface area (Å²) >= 11 is 6.15. The summed E-state index contributed by atoms with van der Waals surface area (Å²) < 4.78 is 0. The molecular formula is C18H21ClN2O2. The largest absolute Gasteiger partial charge is 0.388 e. The van der Waals surface area contributed by atoms with Gasteiger partial charge in [-0.2, -0.15) is 0 Å². The molecule has 1 amide bonds. The van der Waals surface area contributed by atoms with Crippen molar-refractivity contribution in [1.82, 2.24) is 10.3 Å².